The fraction of sp³-hybridized carbons (Fsp3) is 0.519. The summed E-state index contributed by atoms with van der Waals surface area (Å²) in [5.74, 6) is -0.133. The largest absolute Gasteiger partial charge is 0.436 e. The summed E-state index contributed by atoms with van der Waals surface area (Å²) < 4.78 is 40.4. The van der Waals surface area contributed by atoms with E-state index in [1.165, 1.54) is 9.21 Å². The summed E-state index contributed by atoms with van der Waals surface area (Å²) in [7, 11) is -4.15. The first kappa shape index (κ1) is 29.1. The van der Waals surface area contributed by atoms with Gasteiger partial charge in [0, 0.05) is 73.1 Å². The van der Waals surface area contributed by atoms with Crippen LogP contribution in [-0.2, 0) is 39.1 Å². The molecule has 2 aromatic heterocycles. The van der Waals surface area contributed by atoms with E-state index in [-0.39, 0.29) is 54.5 Å². The fourth-order valence-corrected chi connectivity index (χ4v) is 7.70. The second-order valence-corrected chi connectivity index (χ2v) is 13.2. The van der Waals surface area contributed by atoms with E-state index in [0.29, 0.717) is 61.0 Å². The van der Waals surface area contributed by atoms with E-state index >= 15 is 0 Å². The van der Waals surface area contributed by atoms with Crippen molar-refractivity contribution >= 4 is 44.3 Å². The minimum Gasteiger partial charge on any atom is -0.436 e. The number of fused-ring (bicyclic) bond motifs is 2. The molecule has 6 rings (SSSR count). The predicted octanol–water partition coefficient (Wildman–Crippen LogP) is 1.10. The summed E-state index contributed by atoms with van der Waals surface area (Å²) in [5.41, 5.74) is 1.45. The second kappa shape index (κ2) is 11.6. The lowest BCUT2D eigenvalue weighted by Gasteiger charge is -2.40. The third-order valence-electron chi connectivity index (χ3n) is 8.14. The van der Waals surface area contributed by atoms with Crippen LogP contribution in [0, 0.1) is 0 Å². The summed E-state index contributed by atoms with van der Waals surface area (Å²) >= 11 is 6.14. The van der Waals surface area contributed by atoms with Crippen molar-refractivity contribution in [2.24, 2.45) is 0 Å². The molecule has 3 aliphatic heterocycles. The van der Waals surface area contributed by atoms with Crippen LogP contribution in [-0.4, -0.2) is 107 Å². The van der Waals surface area contributed by atoms with Crippen LogP contribution >= 0.6 is 11.6 Å². The van der Waals surface area contributed by atoms with Gasteiger partial charge in [0.15, 0.2) is 5.03 Å². The Morgan fingerprint density at radius 3 is 2.74 bits per heavy atom. The van der Waals surface area contributed by atoms with Gasteiger partial charge in [0.25, 0.3) is 15.9 Å². The van der Waals surface area contributed by atoms with Crippen LogP contribution in [0.2, 0.25) is 5.02 Å². The summed E-state index contributed by atoms with van der Waals surface area (Å²) in [6.45, 7) is 3.55. The van der Waals surface area contributed by atoms with E-state index in [1.54, 1.807) is 23.1 Å². The molecule has 2 saturated heterocycles. The molecule has 2 atom stereocenters. The highest BCUT2D eigenvalue weighted by molar-refractivity contribution is 7.89. The maximum absolute atomic E-state index is 14.0. The third-order valence-corrected chi connectivity index (χ3v) is 10.2. The topological polar surface area (TPSA) is 161 Å². The normalized spacial score (nSPS) is 22.0. The van der Waals surface area contributed by atoms with Gasteiger partial charge in [0.1, 0.15) is 5.76 Å². The lowest BCUT2D eigenvalue weighted by molar-refractivity contribution is -0.136. The number of carbonyl (C=O) groups excluding carboxylic acids is 2. The Morgan fingerprint density at radius 1 is 1.19 bits per heavy atom. The van der Waals surface area contributed by atoms with Crippen LogP contribution in [0.1, 0.15) is 41.0 Å². The number of aliphatic hydroxyl groups is 1. The molecule has 0 bridgehead atoms. The number of H-pyrrole nitrogens is 1. The van der Waals surface area contributed by atoms with Gasteiger partial charge in [0.2, 0.25) is 5.91 Å². The van der Waals surface area contributed by atoms with Crippen LogP contribution in [0.3, 0.4) is 0 Å². The standard InChI is InChI=1S/C27H33ClN6O7S/c1-16-10-22-23(13-29-16)41-25(30-22)27(37)34-5-4-33(14-18(34)12-24(36)32-6-8-40-9-7-32)42(38,39)26-20(15-35)19-11-17(28)2-3-21(19)31-26/h2-3,11,16,18,29,31,35H,4-10,12-15H2,1H3. The molecule has 15 heteroatoms. The maximum atomic E-state index is 14.0. The highest BCUT2D eigenvalue weighted by atomic mass is 35.5. The molecule has 5 heterocycles. The number of aromatic amines is 1. The Hall–Kier alpha value is -3.01. The maximum Gasteiger partial charge on any atom is 0.310 e. The predicted molar refractivity (Wildman–Crippen MR) is 151 cm³/mol. The van der Waals surface area contributed by atoms with Crippen molar-refractivity contribution < 1.29 is 32.3 Å². The number of sulfonamides is 1. The first-order valence-electron chi connectivity index (χ1n) is 13.9. The van der Waals surface area contributed by atoms with Gasteiger partial charge in [-0.15, -0.1) is 0 Å². The molecule has 0 saturated carbocycles. The number of halogens is 1. The molecule has 0 spiro atoms. The molecule has 3 aliphatic rings. The number of aliphatic hydroxyl groups excluding tert-OH is 1. The van der Waals surface area contributed by atoms with E-state index in [0.717, 1.165) is 5.69 Å². The van der Waals surface area contributed by atoms with E-state index in [2.05, 4.69) is 15.3 Å². The molecule has 1 aromatic carbocycles. The lowest BCUT2D eigenvalue weighted by Crippen LogP contribution is -2.58. The molecule has 226 valence electrons. The highest BCUT2D eigenvalue weighted by Crippen LogP contribution is 2.32. The zero-order valence-corrected chi connectivity index (χ0v) is 24.7. The Bertz CT molecular complexity index is 1620. The van der Waals surface area contributed by atoms with Crippen molar-refractivity contribution in [3.05, 3.63) is 46.1 Å². The first-order valence-corrected chi connectivity index (χ1v) is 15.8. The molecule has 2 unspecified atom stereocenters. The van der Waals surface area contributed by atoms with E-state index < -0.39 is 28.6 Å². The van der Waals surface area contributed by atoms with E-state index in [9.17, 15) is 23.1 Å². The Labute approximate surface area is 247 Å². The van der Waals surface area contributed by atoms with E-state index in [1.807, 2.05) is 6.92 Å². The van der Waals surface area contributed by atoms with Crippen molar-refractivity contribution in [1.82, 2.24) is 29.4 Å². The van der Waals surface area contributed by atoms with Gasteiger partial charge in [-0.3, -0.25) is 9.59 Å². The molecule has 3 N–H and O–H groups in total. The van der Waals surface area contributed by atoms with Gasteiger partial charge in [-0.1, -0.05) is 11.6 Å². The number of nitrogens with zero attached hydrogens (tertiary/aromatic N) is 4. The molecule has 2 fully saturated rings. The Balaban J connectivity index is 1.30. The summed E-state index contributed by atoms with van der Waals surface area (Å²) in [4.78, 5) is 37.6. The number of oxazole rings is 1. The average Bonchev–Trinajstić information content (AvgIpc) is 3.58. The van der Waals surface area contributed by atoms with Crippen molar-refractivity contribution in [2.45, 2.75) is 50.0 Å². The van der Waals surface area contributed by atoms with Crippen LogP contribution in [0.5, 0.6) is 0 Å². The SMILES string of the molecule is CC1Cc2nc(C(=O)N3CCN(S(=O)(=O)c4[nH]c5ccc(Cl)cc5c4CO)CC3CC(=O)N3CCOCC3)oc2CN1. The number of carbonyl (C=O) groups is 2. The van der Waals surface area contributed by atoms with Gasteiger partial charge < -0.3 is 34.4 Å². The number of hydrogen-bond donors (Lipinski definition) is 3. The molecule has 13 nitrogen and oxygen atoms in total. The number of hydrogen-bond acceptors (Lipinski definition) is 9. The Morgan fingerprint density at radius 2 is 1.98 bits per heavy atom. The number of benzene rings is 1. The van der Waals surface area contributed by atoms with Gasteiger partial charge in [0.05, 0.1) is 38.1 Å². The van der Waals surface area contributed by atoms with Crippen LogP contribution in [0.25, 0.3) is 10.9 Å². The van der Waals surface area contributed by atoms with Crippen LogP contribution < -0.4 is 5.32 Å². The number of ether oxygens (including phenoxy) is 1. The van der Waals surface area contributed by atoms with Gasteiger partial charge in [-0.25, -0.2) is 13.4 Å². The third kappa shape index (κ3) is 5.42. The molecular weight excluding hydrogens is 588 g/mol. The first-order chi connectivity index (χ1) is 20.2. The fourth-order valence-electron chi connectivity index (χ4n) is 5.86. The monoisotopic (exact) mass is 620 g/mol. The van der Waals surface area contributed by atoms with Crippen molar-refractivity contribution in [1.29, 1.82) is 0 Å². The lowest BCUT2D eigenvalue weighted by atomic mass is 10.1. The average molecular weight is 621 g/mol. The van der Waals surface area contributed by atoms with Crippen molar-refractivity contribution in [3.63, 3.8) is 0 Å². The smallest absolute Gasteiger partial charge is 0.310 e. The minimum atomic E-state index is -4.15. The highest BCUT2D eigenvalue weighted by Gasteiger charge is 2.41. The van der Waals surface area contributed by atoms with Crippen LogP contribution in [0.15, 0.2) is 27.6 Å². The molecule has 0 aliphatic carbocycles. The van der Waals surface area contributed by atoms with Crippen molar-refractivity contribution in [3.8, 4) is 0 Å². The number of morpholine rings is 1. The number of nitrogens with one attached hydrogen (secondary N) is 2. The second-order valence-electron chi connectivity index (χ2n) is 10.9. The minimum absolute atomic E-state index is 0.0175. The molecule has 2 amide bonds. The van der Waals surface area contributed by atoms with Gasteiger partial charge in [-0.05, 0) is 25.1 Å². The van der Waals surface area contributed by atoms with Crippen LogP contribution in [0.4, 0.5) is 0 Å². The Kier molecular flexibility index (Phi) is 8.02. The zero-order valence-electron chi connectivity index (χ0n) is 23.1. The number of aromatic nitrogens is 2. The quantitative estimate of drug-likeness (QED) is 0.366. The van der Waals surface area contributed by atoms with E-state index in [4.69, 9.17) is 20.8 Å². The number of amides is 2. The number of piperazine rings is 1. The molecule has 3 aromatic rings. The molecular formula is C27H33ClN6O7S. The summed E-state index contributed by atoms with van der Waals surface area (Å²) in [6, 6.07) is 4.32. The van der Waals surface area contributed by atoms with Gasteiger partial charge in [-0.2, -0.15) is 4.31 Å². The zero-order chi connectivity index (χ0) is 29.6. The summed E-state index contributed by atoms with van der Waals surface area (Å²) in [5, 5.41) is 14.2. The molecule has 42 heavy (non-hydrogen) atoms. The van der Waals surface area contributed by atoms with Gasteiger partial charge >= 0.3 is 5.91 Å². The van der Waals surface area contributed by atoms with Crippen molar-refractivity contribution in [2.75, 3.05) is 45.9 Å². The molecule has 0 radical (unpaired) electrons. The summed E-state index contributed by atoms with van der Waals surface area (Å²) in [6.07, 6.45) is 0.548. The number of rotatable bonds is 6.